The second-order valence-corrected chi connectivity index (χ2v) is 6.71. The summed E-state index contributed by atoms with van der Waals surface area (Å²) in [6.07, 6.45) is 1.54. The van der Waals surface area contributed by atoms with Crippen molar-refractivity contribution in [2.45, 2.75) is 13.8 Å². The van der Waals surface area contributed by atoms with Gasteiger partial charge < -0.3 is 9.88 Å². The summed E-state index contributed by atoms with van der Waals surface area (Å²) in [5, 5.41) is 12.7. The van der Waals surface area contributed by atoms with Crippen LogP contribution in [0.4, 0.5) is 10.1 Å². The van der Waals surface area contributed by atoms with E-state index in [0.717, 1.165) is 22.6 Å². The van der Waals surface area contributed by atoms with Crippen LogP contribution in [0.25, 0.3) is 11.8 Å². The molecule has 3 aromatic rings. The van der Waals surface area contributed by atoms with Crippen LogP contribution in [0.3, 0.4) is 0 Å². The van der Waals surface area contributed by atoms with Gasteiger partial charge in [-0.1, -0.05) is 17.7 Å². The fraction of sp³-hybridized carbons (Fsp3) is 0.0909. The number of halogens is 2. The van der Waals surface area contributed by atoms with Crippen LogP contribution in [0.5, 0.6) is 0 Å². The Labute approximate surface area is 167 Å². The normalized spacial score (nSPS) is 11.2. The SMILES string of the molecule is Cc1cc(/C=C(\C#N)C(=O)Nc2ccc(F)cc2)c(C)n1-c1cccc(Cl)c1. The van der Waals surface area contributed by atoms with Gasteiger partial charge in [-0.2, -0.15) is 5.26 Å². The smallest absolute Gasteiger partial charge is 0.266 e. The van der Waals surface area contributed by atoms with E-state index in [9.17, 15) is 14.4 Å². The Bertz CT molecular complexity index is 1110. The van der Waals surface area contributed by atoms with E-state index in [0.29, 0.717) is 10.7 Å². The number of hydrogen-bond acceptors (Lipinski definition) is 2. The second-order valence-electron chi connectivity index (χ2n) is 6.27. The van der Waals surface area contributed by atoms with Crippen molar-refractivity contribution in [3.8, 4) is 11.8 Å². The zero-order chi connectivity index (χ0) is 20.3. The van der Waals surface area contributed by atoms with Crippen molar-refractivity contribution in [1.82, 2.24) is 4.57 Å². The number of aromatic nitrogens is 1. The quantitative estimate of drug-likeness (QED) is 0.474. The molecule has 6 heteroatoms. The van der Waals surface area contributed by atoms with Crippen LogP contribution < -0.4 is 5.32 Å². The maximum atomic E-state index is 13.0. The number of nitriles is 1. The molecule has 0 atom stereocenters. The first kappa shape index (κ1) is 19.4. The number of hydrogen-bond donors (Lipinski definition) is 1. The minimum absolute atomic E-state index is 0.0457. The van der Waals surface area contributed by atoms with Gasteiger partial charge in [0, 0.05) is 27.8 Å². The van der Waals surface area contributed by atoms with Crippen molar-refractivity contribution in [3.05, 3.63) is 88.0 Å². The van der Waals surface area contributed by atoms with Gasteiger partial charge in [-0.05, 0) is 74.0 Å². The van der Waals surface area contributed by atoms with E-state index < -0.39 is 11.7 Å². The Kier molecular flexibility index (Phi) is 5.62. The molecule has 140 valence electrons. The van der Waals surface area contributed by atoms with E-state index >= 15 is 0 Å². The van der Waals surface area contributed by atoms with Crippen LogP contribution in [0.2, 0.25) is 5.02 Å². The third-order valence-electron chi connectivity index (χ3n) is 4.30. The minimum atomic E-state index is -0.554. The third kappa shape index (κ3) is 4.13. The number of aryl methyl sites for hydroxylation is 1. The van der Waals surface area contributed by atoms with Crippen LogP contribution in [-0.2, 0) is 4.79 Å². The molecule has 4 nitrogen and oxygen atoms in total. The summed E-state index contributed by atoms with van der Waals surface area (Å²) >= 11 is 6.10. The van der Waals surface area contributed by atoms with Crippen LogP contribution >= 0.6 is 11.6 Å². The molecule has 2 aromatic carbocycles. The van der Waals surface area contributed by atoms with E-state index in [1.807, 2.05) is 48.7 Å². The van der Waals surface area contributed by atoms with Crippen molar-refractivity contribution >= 4 is 29.3 Å². The first-order chi connectivity index (χ1) is 13.4. The summed E-state index contributed by atoms with van der Waals surface area (Å²) in [5.41, 5.74) is 3.84. The molecule has 0 fully saturated rings. The maximum Gasteiger partial charge on any atom is 0.266 e. The molecule has 0 saturated carbocycles. The summed E-state index contributed by atoms with van der Waals surface area (Å²) in [4.78, 5) is 12.4. The topological polar surface area (TPSA) is 57.8 Å². The molecule has 1 aromatic heterocycles. The highest BCUT2D eigenvalue weighted by Gasteiger charge is 2.14. The van der Waals surface area contributed by atoms with Crippen molar-refractivity contribution < 1.29 is 9.18 Å². The molecule has 28 heavy (non-hydrogen) atoms. The highest BCUT2D eigenvalue weighted by Crippen LogP contribution is 2.24. The van der Waals surface area contributed by atoms with Gasteiger partial charge >= 0.3 is 0 Å². The van der Waals surface area contributed by atoms with E-state index in [-0.39, 0.29) is 5.57 Å². The number of nitrogens with one attached hydrogen (secondary N) is 1. The van der Waals surface area contributed by atoms with Gasteiger partial charge in [0.15, 0.2) is 0 Å². The molecule has 0 aliphatic rings. The summed E-state index contributed by atoms with van der Waals surface area (Å²) in [6, 6.07) is 16.6. The largest absolute Gasteiger partial charge is 0.321 e. The van der Waals surface area contributed by atoms with Crippen LogP contribution in [0, 0.1) is 31.0 Å². The molecule has 0 aliphatic heterocycles. The second kappa shape index (κ2) is 8.12. The molecule has 1 amide bonds. The first-order valence-electron chi connectivity index (χ1n) is 8.52. The van der Waals surface area contributed by atoms with Gasteiger partial charge in [-0.15, -0.1) is 0 Å². The number of carbonyl (C=O) groups excluding carboxylic acids is 1. The predicted molar refractivity (Wildman–Crippen MR) is 109 cm³/mol. The number of anilines is 1. The van der Waals surface area contributed by atoms with Crippen LogP contribution in [-0.4, -0.2) is 10.5 Å². The molecule has 0 spiro atoms. The van der Waals surface area contributed by atoms with Crippen molar-refractivity contribution in [1.29, 1.82) is 5.26 Å². The summed E-state index contributed by atoms with van der Waals surface area (Å²) in [7, 11) is 0. The van der Waals surface area contributed by atoms with Gasteiger partial charge in [-0.25, -0.2) is 4.39 Å². The summed E-state index contributed by atoms with van der Waals surface area (Å²) in [5.74, 6) is -0.954. The van der Waals surface area contributed by atoms with Gasteiger partial charge in [0.2, 0.25) is 0 Å². The van der Waals surface area contributed by atoms with E-state index in [1.165, 1.54) is 24.3 Å². The molecular weight excluding hydrogens is 377 g/mol. The minimum Gasteiger partial charge on any atom is -0.321 e. The number of amides is 1. The van der Waals surface area contributed by atoms with Crippen molar-refractivity contribution in [3.63, 3.8) is 0 Å². The average molecular weight is 394 g/mol. The molecule has 0 bridgehead atoms. The Balaban J connectivity index is 1.93. The zero-order valence-electron chi connectivity index (χ0n) is 15.3. The van der Waals surface area contributed by atoms with E-state index in [2.05, 4.69) is 5.32 Å². The Hall–Kier alpha value is -3.36. The molecule has 0 unspecified atom stereocenters. The van der Waals surface area contributed by atoms with Crippen LogP contribution in [0.1, 0.15) is 17.0 Å². The lowest BCUT2D eigenvalue weighted by Crippen LogP contribution is -2.13. The number of benzene rings is 2. The molecule has 0 radical (unpaired) electrons. The van der Waals surface area contributed by atoms with Gasteiger partial charge in [0.25, 0.3) is 5.91 Å². The standard InChI is InChI=1S/C22H17ClFN3O/c1-14-10-16(15(2)27(14)21-5-3-4-18(23)12-21)11-17(13-25)22(28)26-20-8-6-19(24)7-9-20/h3-12H,1-2H3,(H,26,28)/b17-11+. The molecule has 1 N–H and O–H groups in total. The fourth-order valence-electron chi connectivity index (χ4n) is 2.98. The predicted octanol–water partition coefficient (Wildman–Crippen LogP) is 5.43. The highest BCUT2D eigenvalue weighted by molar-refractivity contribution is 6.30. The third-order valence-corrected chi connectivity index (χ3v) is 4.54. The summed E-state index contributed by atoms with van der Waals surface area (Å²) in [6.45, 7) is 3.85. The molecule has 0 saturated heterocycles. The summed E-state index contributed by atoms with van der Waals surface area (Å²) < 4.78 is 15.0. The Morgan fingerprint density at radius 2 is 1.89 bits per heavy atom. The lowest BCUT2D eigenvalue weighted by molar-refractivity contribution is -0.112. The van der Waals surface area contributed by atoms with Crippen molar-refractivity contribution in [2.75, 3.05) is 5.32 Å². The average Bonchev–Trinajstić information content (AvgIpc) is 2.94. The van der Waals surface area contributed by atoms with E-state index in [1.54, 1.807) is 12.1 Å². The lowest BCUT2D eigenvalue weighted by atomic mass is 10.1. The first-order valence-corrected chi connectivity index (χ1v) is 8.90. The molecule has 3 rings (SSSR count). The monoisotopic (exact) mass is 393 g/mol. The lowest BCUT2D eigenvalue weighted by Gasteiger charge is -2.10. The van der Waals surface area contributed by atoms with E-state index in [4.69, 9.17) is 11.6 Å². The van der Waals surface area contributed by atoms with Gasteiger partial charge in [0.05, 0.1) is 0 Å². The van der Waals surface area contributed by atoms with Gasteiger partial charge in [-0.3, -0.25) is 4.79 Å². The molecule has 1 heterocycles. The fourth-order valence-corrected chi connectivity index (χ4v) is 3.17. The van der Waals surface area contributed by atoms with Crippen molar-refractivity contribution in [2.24, 2.45) is 0 Å². The zero-order valence-corrected chi connectivity index (χ0v) is 16.1. The molecular formula is C22H17ClFN3O. The Morgan fingerprint density at radius 1 is 1.18 bits per heavy atom. The van der Waals surface area contributed by atoms with Crippen LogP contribution in [0.15, 0.2) is 60.2 Å². The number of carbonyl (C=O) groups is 1. The Morgan fingerprint density at radius 3 is 2.54 bits per heavy atom. The van der Waals surface area contributed by atoms with Gasteiger partial charge in [0.1, 0.15) is 17.5 Å². The maximum absolute atomic E-state index is 13.0. The number of nitrogens with zero attached hydrogens (tertiary/aromatic N) is 2. The molecule has 0 aliphatic carbocycles. The number of rotatable bonds is 4. The highest BCUT2D eigenvalue weighted by atomic mass is 35.5.